The highest BCUT2D eigenvalue weighted by Gasteiger charge is 2.56. The van der Waals surface area contributed by atoms with Gasteiger partial charge in [0.15, 0.2) is 0 Å². The van der Waals surface area contributed by atoms with Crippen molar-refractivity contribution in [1.82, 2.24) is 0 Å². The van der Waals surface area contributed by atoms with Crippen molar-refractivity contribution in [2.45, 2.75) is 17.3 Å². The lowest BCUT2D eigenvalue weighted by Gasteiger charge is -2.30. The second kappa shape index (κ2) is 3.01. The van der Waals surface area contributed by atoms with Crippen LogP contribution in [0.15, 0.2) is 34.1 Å². The van der Waals surface area contributed by atoms with Gasteiger partial charge in [0.05, 0.1) is 10.4 Å². The van der Waals surface area contributed by atoms with Crippen LogP contribution < -0.4 is 0 Å². The highest BCUT2D eigenvalue weighted by molar-refractivity contribution is 8.33. The highest BCUT2D eigenvalue weighted by Crippen LogP contribution is 2.77. The van der Waals surface area contributed by atoms with Crippen molar-refractivity contribution < 1.29 is 17.1 Å². The van der Waals surface area contributed by atoms with Crippen LogP contribution in [0.1, 0.15) is 12.5 Å². The maximum Gasteiger partial charge on any atom is 0.459 e. The smallest absolute Gasteiger partial charge is 0.172 e. The monoisotopic (exact) mass is 236 g/mol. The van der Waals surface area contributed by atoms with Gasteiger partial charge in [-0.05, 0) is 24.6 Å². The highest BCUT2D eigenvalue weighted by atomic mass is 32.3. The van der Waals surface area contributed by atoms with Crippen LogP contribution in [-0.4, -0.2) is 5.51 Å². The van der Waals surface area contributed by atoms with Crippen molar-refractivity contribution in [2.75, 3.05) is 0 Å². The third-order valence-electron chi connectivity index (χ3n) is 2.34. The molecule has 0 saturated heterocycles. The standard InChI is InChI=1S/C10H8F4S/c1-7-6-8-4-2-3-5-9(8)15(7,14)10(11,12)13/h2-6H,1H3. The molecule has 15 heavy (non-hydrogen) atoms. The quantitative estimate of drug-likeness (QED) is 0.576. The second-order valence-corrected chi connectivity index (χ2v) is 5.90. The van der Waals surface area contributed by atoms with Gasteiger partial charge in [-0.1, -0.05) is 18.2 Å². The van der Waals surface area contributed by atoms with E-state index in [0.29, 0.717) is 5.56 Å². The van der Waals surface area contributed by atoms with Crippen molar-refractivity contribution in [3.8, 4) is 0 Å². The van der Waals surface area contributed by atoms with Gasteiger partial charge in [-0.15, -0.1) is 0 Å². The first kappa shape index (κ1) is 10.5. The van der Waals surface area contributed by atoms with Gasteiger partial charge in [0.2, 0.25) is 0 Å². The van der Waals surface area contributed by atoms with E-state index in [1.54, 1.807) is 6.07 Å². The molecular formula is C10H8F4S. The Morgan fingerprint density at radius 2 is 1.73 bits per heavy atom. The number of fused-ring (bicyclic) bond motifs is 1. The zero-order chi connectivity index (χ0) is 11.3. The lowest BCUT2D eigenvalue weighted by atomic mass is 10.2. The van der Waals surface area contributed by atoms with Crippen LogP contribution in [0.2, 0.25) is 0 Å². The molecule has 0 fully saturated rings. The Bertz CT molecular complexity index is 435. The maximum absolute atomic E-state index is 14.1. The van der Waals surface area contributed by atoms with E-state index in [9.17, 15) is 17.1 Å². The summed E-state index contributed by atoms with van der Waals surface area (Å²) >= 11 is 0. The summed E-state index contributed by atoms with van der Waals surface area (Å²) in [4.78, 5) is -0.453. The van der Waals surface area contributed by atoms with E-state index in [0.717, 1.165) is 0 Å². The minimum absolute atomic E-state index is 0.226. The van der Waals surface area contributed by atoms with Gasteiger partial charge in [-0.25, -0.2) is 0 Å². The van der Waals surface area contributed by atoms with E-state index in [1.165, 1.54) is 31.2 Å². The van der Waals surface area contributed by atoms with E-state index < -0.39 is 15.9 Å². The molecule has 5 heteroatoms. The molecule has 1 aromatic rings. The number of hydrogen-bond acceptors (Lipinski definition) is 0. The number of benzene rings is 1. The first-order valence-corrected chi connectivity index (χ1v) is 5.77. The molecule has 1 heterocycles. The lowest BCUT2D eigenvalue weighted by Crippen LogP contribution is -2.16. The van der Waals surface area contributed by atoms with E-state index in [1.807, 2.05) is 0 Å². The molecule has 0 amide bonds. The summed E-state index contributed by atoms with van der Waals surface area (Å²) in [5.74, 6) is 0. The topological polar surface area (TPSA) is 0 Å². The zero-order valence-electron chi connectivity index (χ0n) is 7.81. The molecule has 0 saturated carbocycles. The maximum atomic E-state index is 14.1. The molecule has 1 aliphatic heterocycles. The van der Waals surface area contributed by atoms with Gasteiger partial charge >= 0.3 is 5.51 Å². The summed E-state index contributed by atoms with van der Waals surface area (Å²) < 4.78 is 52.2. The molecule has 0 radical (unpaired) electrons. The molecule has 82 valence electrons. The predicted octanol–water partition coefficient (Wildman–Crippen LogP) is 4.63. The Morgan fingerprint density at radius 1 is 1.13 bits per heavy atom. The molecule has 1 aliphatic rings. The van der Waals surface area contributed by atoms with Gasteiger partial charge in [0.25, 0.3) is 0 Å². The summed E-state index contributed by atoms with van der Waals surface area (Å²) in [6.45, 7) is 1.20. The van der Waals surface area contributed by atoms with Crippen LogP contribution in [0.5, 0.6) is 0 Å². The molecule has 2 rings (SSSR count). The molecule has 0 bridgehead atoms. The predicted molar refractivity (Wildman–Crippen MR) is 53.1 cm³/mol. The number of allylic oxidation sites excluding steroid dienone is 1. The lowest BCUT2D eigenvalue weighted by molar-refractivity contribution is -0.0412. The minimum atomic E-state index is -4.82. The first-order chi connectivity index (χ1) is 6.87. The summed E-state index contributed by atoms with van der Waals surface area (Å²) in [5, 5.41) is 0. The number of alkyl halides is 3. The Morgan fingerprint density at radius 3 is 2.33 bits per heavy atom. The van der Waals surface area contributed by atoms with Gasteiger partial charge < -0.3 is 0 Å². The summed E-state index contributed by atoms with van der Waals surface area (Å²) in [6.07, 6.45) is 1.28. The third-order valence-corrected chi connectivity index (χ3v) is 4.96. The van der Waals surface area contributed by atoms with Gasteiger partial charge in [0, 0.05) is 9.80 Å². The third kappa shape index (κ3) is 1.29. The van der Waals surface area contributed by atoms with Crippen LogP contribution in [0, 0.1) is 0 Å². The average Bonchev–Trinajstić information content (AvgIpc) is 2.40. The molecule has 0 spiro atoms. The minimum Gasteiger partial charge on any atom is -0.172 e. The van der Waals surface area contributed by atoms with Crippen LogP contribution in [0.25, 0.3) is 6.08 Å². The van der Waals surface area contributed by atoms with Gasteiger partial charge in [-0.3, -0.25) is 0 Å². The molecule has 0 aliphatic carbocycles. The van der Waals surface area contributed by atoms with Crippen LogP contribution >= 0.6 is 10.4 Å². The van der Waals surface area contributed by atoms with Crippen molar-refractivity contribution >= 4 is 16.5 Å². The molecule has 1 atom stereocenters. The Balaban J connectivity index is 2.67. The summed E-state index contributed by atoms with van der Waals surface area (Å²) in [6, 6.07) is 5.74. The van der Waals surface area contributed by atoms with Crippen molar-refractivity contribution in [3.63, 3.8) is 0 Å². The molecule has 1 unspecified atom stereocenters. The number of hydrogen-bond donors (Lipinski definition) is 0. The van der Waals surface area contributed by atoms with Crippen molar-refractivity contribution in [1.29, 1.82) is 0 Å². The summed E-state index contributed by atoms with van der Waals surface area (Å²) in [7, 11) is -4.30. The fourth-order valence-corrected chi connectivity index (χ4v) is 3.61. The average molecular weight is 236 g/mol. The molecular weight excluding hydrogens is 228 g/mol. The van der Waals surface area contributed by atoms with Gasteiger partial charge in [-0.2, -0.15) is 17.1 Å². The SMILES string of the molecule is CC1=Cc2ccccc2S1(F)C(F)(F)F. The number of rotatable bonds is 0. The van der Waals surface area contributed by atoms with Gasteiger partial charge in [0.1, 0.15) is 0 Å². The van der Waals surface area contributed by atoms with Crippen LogP contribution in [-0.2, 0) is 0 Å². The largest absolute Gasteiger partial charge is 0.459 e. The Hall–Kier alpha value is -0.970. The molecule has 1 aromatic carbocycles. The molecule has 0 nitrogen and oxygen atoms in total. The van der Waals surface area contributed by atoms with E-state index in [4.69, 9.17) is 0 Å². The number of halogens is 4. The second-order valence-electron chi connectivity index (χ2n) is 3.28. The Kier molecular flexibility index (Phi) is 2.12. The van der Waals surface area contributed by atoms with Crippen molar-refractivity contribution in [3.05, 3.63) is 34.7 Å². The van der Waals surface area contributed by atoms with E-state index in [-0.39, 0.29) is 9.80 Å². The van der Waals surface area contributed by atoms with Crippen LogP contribution in [0.4, 0.5) is 17.1 Å². The van der Waals surface area contributed by atoms with Crippen LogP contribution in [0.3, 0.4) is 0 Å². The molecule has 0 N–H and O–H groups in total. The van der Waals surface area contributed by atoms with E-state index in [2.05, 4.69) is 0 Å². The Labute approximate surface area is 86.2 Å². The fraction of sp³-hybridized carbons (Fsp3) is 0.200. The van der Waals surface area contributed by atoms with Crippen molar-refractivity contribution in [2.24, 2.45) is 0 Å². The first-order valence-electron chi connectivity index (χ1n) is 4.24. The van der Waals surface area contributed by atoms with E-state index >= 15 is 0 Å². The zero-order valence-corrected chi connectivity index (χ0v) is 8.62. The normalized spacial score (nSPS) is 29.3. The fourth-order valence-electron chi connectivity index (χ4n) is 1.64. The summed E-state index contributed by atoms with van der Waals surface area (Å²) in [5.41, 5.74) is -4.48. The molecule has 0 aromatic heterocycles.